The number of hydrogen-bond donors (Lipinski definition) is 0. The van der Waals surface area contributed by atoms with Crippen molar-refractivity contribution in [1.29, 1.82) is 0 Å². The van der Waals surface area contributed by atoms with E-state index in [2.05, 4.69) is 0 Å². The van der Waals surface area contributed by atoms with E-state index in [4.69, 9.17) is 4.74 Å². The molecule has 0 aliphatic rings. The molecule has 0 aromatic heterocycles. The predicted octanol–water partition coefficient (Wildman–Crippen LogP) is 5.29. The number of halogens is 2. The molecule has 0 aliphatic heterocycles. The van der Waals surface area contributed by atoms with Gasteiger partial charge in [-0.25, -0.2) is 8.78 Å². The van der Waals surface area contributed by atoms with Crippen LogP contribution in [0.2, 0.25) is 0 Å². The number of carbonyl (C=O) groups excluding carboxylic acids is 1. The first-order valence-corrected chi connectivity index (χ1v) is 7.84. The van der Waals surface area contributed by atoms with Gasteiger partial charge in [0, 0.05) is 16.9 Å². The van der Waals surface area contributed by atoms with Gasteiger partial charge >= 0.3 is 5.97 Å². The standard InChI is InChI=1S/C17H16F2O2S/c1-2-7-16(20)21-14-10-5-3-8-12(14)17(19)22-15-11-6-4-9-13(15)18/h3-6,8-11,17H,2,7H2,1H3. The number of esters is 1. The topological polar surface area (TPSA) is 26.3 Å². The lowest BCUT2D eigenvalue weighted by Gasteiger charge is -2.13. The Morgan fingerprint density at radius 1 is 1.18 bits per heavy atom. The zero-order valence-electron chi connectivity index (χ0n) is 12.1. The van der Waals surface area contributed by atoms with Gasteiger partial charge in [0.25, 0.3) is 0 Å². The van der Waals surface area contributed by atoms with E-state index in [-0.39, 0.29) is 22.6 Å². The van der Waals surface area contributed by atoms with Gasteiger partial charge in [0.2, 0.25) is 0 Å². The summed E-state index contributed by atoms with van der Waals surface area (Å²) in [7, 11) is 0. The molecule has 0 amide bonds. The van der Waals surface area contributed by atoms with Crippen molar-refractivity contribution in [1.82, 2.24) is 0 Å². The van der Waals surface area contributed by atoms with E-state index in [0.29, 0.717) is 6.42 Å². The smallest absolute Gasteiger partial charge is 0.311 e. The monoisotopic (exact) mass is 322 g/mol. The van der Waals surface area contributed by atoms with Crippen LogP contribution >= 0.6 is 11.8 Å². The molecule has 116 valence electrons. The van der Waals surface area contributed by atoms with Crippen LogP contribution in [0.4, 0.5) is 8.78 Å². The molecule has 0 radical (unpaired) electrons. The van der Waals surface area contributed by atoms with Gasteiger partial charge in [0.1, 0.15) is 11.6 Å². The number of hydrogen-bond acceptors (Lipinski definition) is 3. The van der Waals surface area contributed by atoms with Gasteiger partial charge in [-0.3, -0.25) is 4.79 Å². The highest BCUT2D eigenvalue weighted by Gasteiger charge is 2.19. The van der Waals surface area contributed by atoms with E-state index in [0.717, 1.165) is 11.8 Å². The molecule has 5 heteroatoms. The van der Waals surface area contributed by atoms with Crippen LogP contribution in [-0.4, -0.2) is 5.97 Å². The maximum absolute atomic E-state index is 14.5. The van der Waals surface area contributed by atoms with Crippen LogP contribution in [0.15, 0.2) is 53.4 Å². The maximum atomic E-state index is 14.5. The molecule has 0 saturated carbocycles. The van der Waals surface area contributed by atoms with Gasteiger partial charge in [-0.2, -0.15) is 0 Å². The normalized spacial score (nSPS) is 12.0. The zero-order valence-corrected chi connectivity index (χ0v) is 12.9. The highest BCUT2D eigenvalue weighted by atomic mass is 32.2. The summed E-state index contributed by atoms with van der Waals surface area (Å²) in [5.41, 5.74) is -1.30. The Morgan fingerprint density at radius 2 is 1.86 bits per heavy atom. The molecule has 0 aliphatic carbocycles. The molecule has 1 unspecified atom stereocenters. The van der Waals surface area contributed by atoms with Crippen molar-refractivity contribution >= 4 is 17.7 Å². The van der Waals surface area contributed by atoms with Gasteiger partial charge in [-0.15, -0.1) is 0 Å². The summed E-state index contributed by atoms with van der Waals surface area (Å²) < 4.78 is 33.3. The fraction of sp³-hybridized carbons (Fsp3) is 0.235. The number of rotatable bonds is 6. The molecule has 2 aromatic carbocycles. The summed E-state index contributed by atoms with van der Waals surface area (Å²) in [6.45, 7) is 1.86. The zero-order chi connectivity index (χ0) is 15.9. The molecule has 0 N–H and O–H groups in total. The minimum Gasteiger partial charge on any atom is -0.426 e. The minimum absolute atomic E-state index is 0.178. The predicted molar refractivity (Wildman–Crippen MR) is 83.1 cm³/mol. The van der Waals surface area contributed by atoms with Crippen LogP contribution in [0, 0.1) is 5.82 Å². The Bertz CT molecular complexity index is 646. The summed E-state index contributed by atoms with van der Waals surface area (Å²) in [5.74, 6) is -0.703. The Hall–Kier alpha value is -1.88. The summed E-state index contributed by atoms with van der Waals surface area (Å²) in [5, 5.41) is 0. The second-order valence-corrected chi connectivity index (χ2v) is 5.72. The van der Waals surface area contributed by atoms with E-state index >= 15 is 0 Å². The molecular formula is C17H16F2O2S. The third-order valence-electron chi connectivity index (χ3n) is 2.91. The molecule has 2 rings (SSSR count). The van der Waals surface area contributed by atoms with Gasteiger partial charge < -0.3 is 4.74 Å². The number of benzene rings is 2. The largest absolute Gasteiger partial charge is 0.426 e. The van der Waals surface area contributed by atoms with E-state index in [1.54, 1.807) is 24.3 Å². The quantitative estimate of drug-likeness (QED) is 0.410. The molecule has 2 aromatic rings. The minimum atomic E-state index is -1.53. The van der Waals surface area contributed by atoms with Crippen molar-refractivity contribution < 1.29 is 18.3 Å². The van der Waals surface area contributed by atoms with E-state index in [9.17, 15) is 13.6 Å². The molecule has 2 nitrogen and oxygen atoms in total. The fourth-order valence-corrected chi connectivity index (χ4v) is 2.74. The Morgan fingerprint density at radius 3 is 2.59 bits per heavy atom. The van der Waals surface area contributed by atoms with Crippen LogP contribution in [0.1, 0.15) is 30.8 Å². The van der Waals surface area contributed by atoms with Crippen molar-refractivity contribution in [2.75, 3.05) is 0 Å². The first kappa shape index (κ1) is 16.5. The number of alkyl halides is 1. The van der Waals surface area contributed by atoms with Crippen molar-refractivity contribution in [3.8, 4) is 5.75 Å². The van der Waals surface area contributed by atoms with E-state index in [1.165, 1.54) is 24.3 Å². The lowest BCUT2D eigenvalue weighted by Crippen LogP contribution is -2.08. The highest BCUT2D eigenvalue weighted by Crippen LogP contribution is 2.41. The van der Waals surface area contributed by atoms with Crippen LogP contribution in [0.3, 0.4) is 0 Å². The van der Waals surface area contributed by atoms with Gasteiger partial charge in [0.15, 0.2) is 5.50 Å². The van der Waals surface area contributed by atoms with Crippen LogP contribution < -0.4 is 4.74 Å². The first-order chi connectivity index (χ1) is 10.6. The summed E-state index contributed by atoms with van der Waals surface area (Å²) in [4.78, 5) is 11.8. The second-order valence-electron chi connectivity index (χ2n) is 4.63. The Balaban J connectivity index is 2.17. The molecule has 0 saturated heterocycles. The molecule has 0 heterocycles. The summed E-state index contributed by atoms with van der Waals surface area (Å²) in [6.07, 6.45) is 0.926. The van der Waals surface area contributed by atoms with E-state index < -0.39 is 17.3 Å². The SMILES string of the molecule is CCCC(=O)Oc1ccccc1C(F)Sc1ccccc1F. The lowest BCUT2D eigenvalue weighted by molar-refractivity contribution is -0.134. The average Bonchev–Trinajstić information content (AvgIpc) is 2.50. The first-order valence-electron chi connectivity index (χ1n) is 6.96. The third kappa shape index (κ3) is 4.31. The Labute approximate surface area is 132 Å². The van der Waals surface area contributed by atoms with Gasteiger partial charge in [0.05, 0.1) is 0 Å². The fourth-order valence-electron chi connectivity index (χ4n) is 1.85. The van der Waals surface area contributed by atoms with Crippen LogP contribution in [-0.2, 0) is 4.79 Å². The average molecular weight is 322 g/mol. The van der Waals surface area contributed by atoms with Gasteiger partial charge in [-0.1, -0.05) is 49.0 Å². The summed E-state index contributed by atoms with van der Waals surface area (Å²) >= 11 is 0.745. The number of thioether (sulfide) groups is 1. The number of para-hydroxylation sites is 1. The molecule has 0 bridgehead atoms. The molecule has 0 fully saturated rings. The number of carbonyl (C=O) groups is 1. The molecular weight excluding hydrogens is 306 g/mol. The Kier molecular flexibility index (Phi) is 5.95. The van der Waals surface area contributed by atoms with Crippen LogP contribution in [0.25, 0.3) is 0 Å². The maximum Gasteiger partial charge on any atom is 0.311 e. The highest BCUT2D eigenvalue weighted by molar-refractivity contribution is 7.99. The van der Waals surface area contributed by atoms with Gasteiger partial charge in [-0.05, 0) is 24.6 Å². The van der Waals surface area contributed by atoms with Crippen molar-refractivity contribution in [3.05, 3.63) is 59.9 Å². The molecule has 22 heavy (non-hydrogen) atoms. The summed E-state index contributed by atoms with van der Waals surface area (Å²) in [6, 6.07) is 12.4. The van der Waals surface area contributed by atoms with Crippen molar-refractivity contribution in [2.24, 2.45) is 0 Å². The van der Waals surface area contributed by atoms with Crippen LogP contribution in [0.5, 0.6) is 5.75 Å². The molecule has 0 spiro atoms. The number of ether oxygens (including phenoxy) is 1. The lowest BCUT2D eigenvalue weighted by atomic mass is 10.2. The van der Waals surface area contributed by atoms with E-state index in [1.807, 2.05) is 6.92 Å². The molecule has 1 atom stereocenters. The third-order valence-corrected chi connectivity index (χ3v) is 3.95. The van der Waals surface area contributed by atoms with Crippen molar-refractivity contribution in [3.63, 3.8) is 0 Å². The second kappa shape index (κ2) is 7.94. The van der Waals surface area contributed by atoms with Crippen molar-refractivity contribution in [2.45, 2.75) is 30.2 Å².